The third-order valence-electron chi connectivity index (χ3n) is 9.66. The van der Waals surface area contributed by atoms with Crippen molar-refractivity contribution in [3.05, 3.63) is 24.2 Å². The number of nitrogens with two attached hydrogens (primary N) is 1. The molecule has 3 saturated carbocycles. The lowest BCUT2D eigenvalue weighted by Gasteiger charge is -2.39. The average Bonchev–Trinajstić information content (AvgIpc) is 3.90. The molecule has 4 amide bonds. The molecular formula is C32H47N5O8S. The van der Waals surface area contributed by atoms with Gasteiger partial charge in [-0.25, -0.2) is 14.3 Å². The van der Waals surface area contributed by atoms with Crippen molar-refractivity contribution in [3.63, 3.8) is 0 Å². The lowest BCUT2D eigenvalue weighted by molar-refractivity contribution is -0.154. The molecule has 4 fully saturated rings. The molecule has 2 heterocycles. The maximum atomic E-state index is 14.1. The number of furan rings is 1. The van der Waals surface area contributed by atoms with E-state index in [9.17, 15) is 24.0 Å². The minimum absolute atomic E-state index is 0.0306. The van der Waals surface area contributed by atoms with E-state index < -0.39 is 46.7 Å². The molecule has 0 radical (unpaired) electrons. The summed E-state index contributed by atoms with van der Waals surface area (Å²) in [5, 5.41) is 5.81. The number of likely N-dealkylation sites (tertiary alicyclic amines) is 1. The third-order valence-corrected chi connectivity index (χ3v) is 10.3. The zero-order chi connectivity index (χ0) is 33.1. The number of fused-ring (bicyclic) bond motifs is 1. The smallest absolute Gasteiger partial charge is 0.332 e. The van der Waals surface area contributed by atoms with E-state index in [4.69, 9.17) is 19.1 Å². The fourth-order valence-corrected chi connectivity index (χ4v) is 7.30. The molecular weight excluding hydrogens is 614 g/mol. The molecule has 5 N–H and O–H groups in total. The SMILES string of the molecule is CC(C)(C)C(NC(=O)NC1(C(=O)OCc2ccco2)CCCCC1)C(=O)N1CC2CC2C1COSNC(CC1CC1)C(=O)C(N)=O. The van der Waals surface area contributed by atoms with Crippen LogP contribution in [0.15, 0.2) is 22.8 Å². The molecule has 0 spiro atoms. The van der Waals surface area contributed by atoms with Crippen molar-refractivity contribution < 1.29 is 37.3 Å². The predicted molar refractivity (Wildman–Crippen MR) is 168 cm³/mol. The fraction of sp³-hybridized carbons (Fsp3) is 0.719. The van der Waals surface area contributed by atoms with E-state index in [1.165, 1.54) is 6.26 Å². The lowest BCUT2D eigenvalue weighted by atomic mass is 9.81. The topological polar surface area (TPSA) is 182 Å². The van der Waals surface area contributed by atoms with Crippen LogP contribution in [0.2, 0.25) is 0 Å². The number of nitrogens with one attached hydrogen (secondary N) is 3. The third kappa shape index (κ3) is 8.43. The van der Waals surface area contributed by atoms with E-state index in [1.807, 2.05) is 20.8 Å². The van der Waals surface area contributed by atoms with Crippen LogP contribution in [0, 0.1) is 23.2 Å². The number of rotatable bonds is 15. The summed E-state index contributed by atoms with van der Waals surface area (Å²) in [4.78, 5) is 66.4. The first kappa shape index (κ1) is 34.2. The number of nitrogens with zero attached hydrogens (tertiary/aromatic N) is 1. The van der Waals surface area contributed by atoms with E-state index in [0.29, 0.717) is 49.3 Å². The average molecular weight is 662 g/mol. The van der Waals surface area contributed by atoms with Crippen LogP contribution < -0.4 is 21.1 Å². The second-order valence-corrected chi connectivity index (χ2v) is 15.0. The Morgan fingerprint density at radius 1 is 1.15 bits per heavy atom. The Morgan fingerprint density at radius 2 is 1.89 bits per heavy atom. The number of ether oxygens (including phenoxy) is 1. The molecule has 1 aliphatic heterocycles. The Labute approximate surface area is 274 Å². The van der Waals surface area contributed by atoms with Gasteiger partial charge in [0.25, 0.3) is 5.91 Å². The molecule has 13 nitrogen and oxygen atoms in total. The Hall–Kier alpha value is -3.10. The second-order valence-electron chi connectivity index (χ2n) is 14.4. The van der Waals surface area contributed by atoms with Crippen molar-refractivity contribution in [3.8, 4) is 0 Å². The molecule has 5 unspecified atom stereocenters. The van der Waals surface area contributed by atoms with Crippen LogP contribution in [-0.2, 0) is 34.7 Å². The molecule has 4 aliphatic rings. The van der Waals surface area contributed by atoms with Crippen molar-refractivity contribution in [2.45, 2.75) is 109 Å². The zero-order valence-corrected chi connectivity index (χ0v) is 27.7. The van der Waals surface area contributed by atoms with Crippen LogP contribution in [0.1, 0.15) is 84.3 Å². The summed E-state index contributed by atoms with van der Waals surface area (Å²) < 4.78 is 19.6. The summed E-state index contributed by atoms with van der Waals surface area (Å²) in [5.74, 6) is -0.793. The predicted octanol–water partition coefficient (Wildman–Crippen LogP) is 2.98. The summed E-state index contributed by atoms with van der Waals surface area (Å²) in [6.45, 7) is 6.43. The van der Waals surface area contributed by atoms with Gasteiger partial charge in [0, 0.05) is 6.54 Å². The van der Waals surface area contributed by atoms with Gasteiger partial charge in [0.05, 0.1) is 37.2 Å². The first-order valence-corrected chi connectivity index (χ1v) is 17.1. The lowest BCUT2D eigenvalue weighted by Crippen LogP contribution is -2.63. The number of urea groups is 1. The van der Waals surface area contributed by atoms with Crippen molar-refractivity contribution in [2.24, 2.45) is 28.9 Å². The summed E-state index contributed by atoms with van der Waals surface area (Å²) in [7, 11) is 0. The van der Waals surface area contributed by atoms with Crippen LogP contribution in [0.5, 0.6) is 0 Å². The highest BCUT2D eigenvalue weighted by Crippen LogP contribution is 2.50. The van der Waals surface area contributed by atoms with Gasteiger partial charge in [-0.05, 0) is 61.0 Å². The van der Waals surface area contributed by atoms with Crippen molar-refractivity contribution in [1.82, 2.24) is 20.3 Å². The van der Waals surface area contributed by atoms with Gasteiger partial charge in [0.2, 0.25) is 11.7 Å². The zero-order valence-electron chi connectivity index (χ0n) is 26.9. The van der Waals surface area contributed by atoms with Crippen LogP contribution in [0.25, 0.3) is 0 Å². The maximum absolute atomic E-state index is 14.1. The van der Waals surface area contributed by atoms with E-state index in [-0.39, 0.29) is 25.2 Å². The molecule has 3 aliphatic carbocycles. The second kappa shape index (κ2) is 14.3. The Morgan fingerprint density at radius 3 is 2.52 bits per heavy atom. The number of primary amides is 1. The van der Waals surface area contributed by atoms with Gasteiger partial charge in [-0.3, -0.25) is 18.6 Å². The van der Waals surface area contributed by atoms with Gasteiger partial charge >= 0.3 is 12.0 Å². The van der Waals surface area contributed by atoms with Gasteiger partial charge in [0.15, 0.2) is 0 Å². The molecule has 1 aromatic rings. The molecule has 254 valence electrons. The standard InChI is InChI=1S/C32H47N5O8S/c1-31(2,3)26(34-30(42)35-32(11-5-4-6-12-32)29(41)44-17-21-8-7-13-43-21)28(40)37-16-20-15-22(20)24(37)18-45-46-36-23(14-19-9-10-19)25(38)27(33)39/h7-8,13,19-20,22-24,26,36H,4-6,9-12,14-18H2,1-3H3,(H2,33,39)(H2,34,35,42). The van der Waals surface area contributed by atoms with Crippen molar-refractivity contribution in [1.29, 1.82) is 0 Å². The van der Waals surface area contributed by atoms with Crippen molar-refractivity contribution in [2.75, 3.05) is 13.2 Å². The number of carbonyl (C=O) groups is 5. The quantitative estimate of drug-likeness (QED) is 0.0717. The van der Waals surface area contributed by atoms with E-state index in [0.717, 1.165) is 50.8 Å². The van der Waals surface area contributed by atoms with Crippen LogP contribution in [0.4, 0.5) is 4.79 Å². The highest BCUT2D eigenvalue weighted by molar-refractivity contribution is 7.92. The number of hydrogen-bond acceptors (Lipinski definition) is 10. The largest absolute Gasteiger partial charge is 0.466 e. The van der Waals surface area contributed by atoms with Gasteiger partial charge < -0.3 is 30.4 Å². The highest BCUT2D eigenvalue weighted by Gasteiger charge is 2.55. The summed E-state index contributed by atoms with van der Waals surface area (Å²) in [5.41, 5.74) is 3.41. The number of ketones is 1. The van der Waals surface area contributed by atoms with Crippen molar-refractivity contribution >= 4 is 41.8 Å². The normalized spacial score (nSPS) is 24.8. The van der Waals surface area contributed by atoms with Crippen LogP contribution in [-0.4, -0.2) is 71.3 Å². The summed E-state index contributed by atoms with van der Waals surface area (Å²) >= 11 is 0.901. The van der Waals surface area contributed by atoms with Crippen LogP contribution >= 0.6 is 12.2 Å². The molecule has 1 aromatic heterocycles. The van der Waals surface area contributed by atoms with Gasteiger partial charge in [-0.1, -0.05) is 52.9 Å². The Bertz CT molecular complexity index is 1270. The molecule has 0 bridgehead atoms. The first-order chi connectivity index (χ1) is 21.9. The highest BCUT2D eigenvalue weighted by atomic mass is 32.2. The van der Waals surface area contributed by atoms with Gasteiger partial charge in [0.1, 0.15) is 23.9 Å². The molecule has 14 heteroatoms. The minimum atomic E-state index is -1.19. The monoisotopic (exact) mass is 661 g/mol. The molecule has 5 rings (SSSR count). The summed E-state index contributed by atoms with van der Waals surface area (Å²) in [6, 6.07) is 1.06. The number of Topliss-reactive ketones (excluding diaryl/α,β-unsaturated/α-hetero) is 1. The number of piperidine rings is 1. The van der Waals surface area contributed by atoms with Gasteiger partial charge in [-0.2, -0.15) is 0 Å². The number of amides is 4. The molecule has 46 heavy (non-hydrogen) atoms. The molecule has 1 saturated heterocycles. The Balaban J connectivity index is 1.19. The number of carbonyl (C=O) groups excluding carboxylic acids is 5. The molecule has 0 aromatic carbocycles. The first-order valence-electron chi connectivity index (χ1n) is 16.3. The fourth-order valence-electron chi connectivity index (χ4n) is 6.71. The van der Waals surface area contributed by atoms with Crippen LogP contribution in [0.3, 0.4) is 0 Å². The van der Waals surface area contributed by atoms with Gasteiger partial charge in [-0.15, -0.1) is 0 Å². The maximum Gasteiger partial charge on any atom is 0.332 e. The van der Waals surface area contributed by atoms with E-state index in [1.54, 1.807) is 17.0 Å². The summed E-state index contributed by atoms with van der Waals surface area (Å²) in [6.07, 6.45) is 8.45. The Kier molecular flexibility index (Phi) is 10.7. The molecule has 5 atom stereocenters. The van der Waals surface area contributed by atoms with E-state index in [2.05, 4.69) is 15.4 Å². The number of hydrogen-bond donors (Lipinski definition) is 4. The number of esters is 1. The minimum Gasteiger partial charge on any atom is -0.466 e. The van der Waals surface area contributed by atoms with E-state index >= 15 is 0 Å².